The first-order chi connectivity index (χ1) is 11.3. The number of rotatable bonds is 4. The van der Waals surface area contributed by atoms with Gasteiger partial charge in [-0.25, -0.2) is 0 Å². The normalized spacial score (nSPS) is 11.7. The van der Waals surface area contributed by atoms with Crippen LogP contribution in [0.2, 0.25) is 0 Å². The van der Waals surface area contributed by atoms with Crippen LogP contribution in [0.25, 0.3) is 10.9 Å². The SMILES string of the molecule is COc1cc2nncc(C(C#N)c3ccccc3)c2cc1OC. The van der Waals surface area contributed by atoms with E-state index in [1.165, 1.54) is 0 Å². The van der Waals surface area contributed by atoms with Crippen molar-refractivity contribution in [1.82, 2.24) is 10.2 Å². The molecular weight excluding hydrogens is 290 g/mol. The summed E-state index contributed by atoms with van der Waals surface area (Å²) in [4.78, 5) is 0. The number of methoxy groups -OCH3 is 2. The smallest absolute Gasteiger partial charge is 0.162 e. The fourth-order valence-corrected chi connectivity index (χ4v) is 2.60. The van der Waals surface area contributed by atoms with Gasteiger partial charge in [0.25, 0.3) is 0 Å². The van der Waals surface area contributed by atoms with Crippen LogP contribution in [0.3, 0.4) is 0 Å². The second-order valence-electron chi connectivity index (χ2n) is 5.00. The Labute approximate surface area is 134 Å². The van der Waals surface area contributed by atoms with E-state index in [0.29, 0.717) is 17.0 Å². The second-order valence-corrected chi connectivity index (χ2v) is 5.00. The van der Waals surface area contributed by atoms with Gasteiger partial charge >= 0.3 is 0 Å². The summed E-state index contributed by atoms with van der Waals surface area (Å²) in [5.41, 5.74) is 2.38. The fourth-order valence-electron chi connectivity index (χ4n) is 2.60. The molecule has 2 aromatic carbocycles. The molecule has 1 aromatic heterocycles. The van der Waals surface area contributed by atoms with Crippen LogP contribution in [0.15, 0.2) is 48.7 Å². The van der Waals surface area contributed by atoms with E-state index < -0.39 is 5.92 Å². The summed E-state index contributed by atoms with van der Waals surface area (Å²) < 4.78 is 10.7. The molecule has 0 saturated carbocycles. The molecule has 114 valence electrons. The maximum atomic E-state index is 9.67. The molecule has 1 atom stereocenters. The van der Waals surface area contributed by atoms with Gasteiger partial charge in [-0.2, -0.15) is 15.5 Å². The Hall–Kier alpha value is -3.13. The number of hydrogen-bond acceptors (Lipinski definition) is 5. The van der Waals surface area contributed by atoms with Crippen molar-refractivity contribution in [2.45, 2.75) is 5.92 Å². The van der Waals surface area contributed by atoms with E-state index in [0.717, 1.165) is 16.5 Å². The van der Waals surface area contributed by atoms with Crippen LogP contribution in [0.5, 0.6) is 11.5 Å². The quantitative estimate of drug-likeness (QED) is 0.739. The van der Waals surface area contributed by atoms with E-state index in [4.69, 9.17) is 9.47 Å². The highest BCUT2D eigenvalue weighted by Crippen LogP contribution is 2.35. The summed E-state index contributed by atoms with van der Waals surface area (Å²) in [6, 6.07) is 15.6. The lowest BCUT2D eigenvalue weighted by Gasteiger charge is -2.14. The third-order valence-electron chi connectivity index (χ3n) is 3.75. The Kier molecular flexibility index (Phi) is 4.07. The van der Waals surface area contributed by atoms with Crippen molar-refractivity contribution >= 4 is 10.9 Å². The third kappa shape index (κ3) is 2.67. The molecule has 0 bridgehead atoms. The van der Waals surface area contributed by atoms with Crippen LogP contribution < -0.4 is 9.47 Å². The monoisotopic (exact) mass is 305 g/mol. The lowest BCUT2D eigenvalue weighted by atomic mass is 9.91. The highest BCUT2D eigenvalue weighted by atomic mass is 16.5. The van der Waals surface area contributed by atoms with Crippen LogP contribution in [0.1, 0.15) is 17.0 Å². The lowest BCUT2D eigenvalue weighted by Crippen LogP contribution is -2.02. The van der Waals surface area contributed by atoms with E-state index in [2.05, 4.69) is 16.3 Å². The Morgan fingerprint density at radius 1 is 1.04 bits per heavy atom. The maximum Gasteiger partial charge on any atom is 0.162 e. The predicted molar refractivity (Wildman–Crippen MR) is 86.5 cm³/mol. The fraction of sp³-hybridized carbons (Fsp3) is 0.167. The van der Waals surface area contributed by atoms with Crippen molar-refractivity contribution in [1.29, 1.82) is 5.26 Å². The zero-order chi connectivity index (χ0) is 16.2. The maximum absolute atomic E-state index is 9.67. The molecule has 3 rings (SSSR count). The second kappa shape index (κ2) is 6.32. The predicted octanol–water partition coefficient (Wildman–Crippen LogP) is 3.30. The minimum absolute atomic E-state index is 0.424. The molecule has 0 aliphatic carbocycles. The molecule has 0 spiro atoms. The van der Waals surface area contributed by atoms with Crippen molar-refractivity contribution in [3.05, 3.63) is 59.8 Å². The van der Waals surface area contributed by atoms with Gasteiger partial charge in [0, 0.05) is 17.0 Å². The van der Waals surface area contributed by atoms with Gasteiger partial charge < -0.3 is 9.47 Å². The summed E-state index contributed by atoms with van der Waals surface area (Å²) in [6.07, 6.45) is 1.63. The number of aromatic nitrogens is 2. The number of hydrogen-bond donors (Lipinski definition) is 0. The lowest BCUT2D eigenvalue weighted by molar-refractivity contribution is 0.355. The van der Waals surface area contributed by atoms with E-state index in [1.807, 2.05) is 36.4 Å². The third-order valence-corrected chi connectivity index (χ3v) is 3.75. The minimum atomic E-state index is -0.424. The van der Waals surface area contributed by atoms with Crippen molar-refractivity contribution in [3.63, 3.8) is 0 Å². The number of nitrogens with zero attached hydrogens (tertiary/aromatic N) is 3. The van der Waals surface area contributed by atoms with Gasteiger partial charge in [0.2, 0.25) is 0 Å². The Morgan fingerprint density at radius 3 is 2.39 bits per heavy atom. The van der Waals surface area contributed by atoms with Crippen LogP contribution in [0, 0.1) is 11.3 Å². The molecule has 23 heavy (non-hydrogen) atoms. The van der Waals surface area contributed by atoms with E-state index in [9.17, 15) is 5.26 Å². The van der Waals surface area contributed by atoms with Gasteiger partial charge in [-0.15, -0.1) is 0 Å². The Balaban J connectivity index is 2.23. The molecular formula is C18H15N3O2. The molecule has 3 aromatic rings. The highest BCUT2D eigenvalue weighted by molar-refractivity contribution is 5.86. The van der Waals surface area contributed by atoms with Crippen molar-refractivity contribution in [2.75, 3.05) is 14.2 Å². The molecule has 5 nitrogen and oxygen atoms in total. The van der Waals surface area contributed by atoms with Gasteiger partial charge in [-0.05, 0) is 11.6 Å². The summed E-state index contributed by atoms with van der Waals surface area (Å²) in [6.45, 7) is 0. The summed E-state index contributed by atoms with van der Waals surface area (Å²) >= 11 is 0. The molecule has 0 radical (unpaired) electrons. The largest absolute Gasteiger partial charge is 0.493 e. The van der Waals surface area contributed by atoms with E-state index in [1.54, 1.807) is 26.5 Å². The van der Waals surface area contributed by atoms with Gasteiger partial charge in [0.05, 0.1) is 37.9 Å². The van der Waals surface area contributed by atoms with Gasteiger partial charge in [0.1, 0.15) is 0 Å². The molecule has 0 amide bonds. The minimum Gasteiger partial charge on any atom is -0.493 e. The molecule has 0 aliphatic heterocycles. The van der Waals surface area contributed by atoms with E-state index >= 15 is 0 Å². The van der Waals surface area contributed by atoms with Gasteiger partial charge in [0.15, 0.2) is 11.5 Å². The number of ether oxygens (including phenoxy) is 2. The molecule has 5 heteroatoms. The zero-order valence-corrected chi connectivity index (χ0v) is 12.9. The number of nitriles is 1. The van der Waals surface area contributed by atoms with Crippen molar-refractivity contribution in [2.24, 2.45) is 0 Å². The average molecular weight is 305 g/mol. The van der Waals surface area contributed by atoms with Gasteiger partial charge in [-0.1, -0.05) is 30.3 Å². The first kappa shape index (κ1) is 14.8. The standard InChI is InChI=1S/C18H15N3O2/c1-22-17-8-13-15(11-20-21-16(13)9-18(17)23-2)14(10-19)12-6-4-3-5-7-12/h3-9,11,14H,1-2H3. The first-order valence-corrected chi connectivity index (χ1v) is 7.10. The first-order valence-electron chi connectivity index (χ1n) is 7.10. The molecule has 1 heterocycles. The Bertz CT molecular complexity index is 873. The van der Waals surface area contributed by atoms with Crippen LogP contribution in [0.4, 0.5) is 0 Å². The highest BCUT2D eigenvalue weighted by Gasteiger charge is 2.19. The van der Waals surface area contributed by atoms with E-state index in [-0.39, 0.29) is 0 Å². The van der Waals surface area contributed by atoms with Crippen LogP contribution in [-0.4, -0.2) is 24.4 Å². The molecule has 0 N–H and O–H groups in total. The average Bonchev–Trinajstić information content (AvgIpc) is 2.62. The molecule has 1 unspecified atom stereocenters. The number of fused-ring (bicyclic) bond motifs is 1. The van der Waals surface area contributed by atoms with Gasteiger partial charge in [-0.3, -0.25) is 0 Å². The molecule has 0 saturated heterocycles. The van der Waals surface area contributed by atoms with Crippen molar-refractivity contribution < 1.29 is 9.47 Å². The summed E-state index contributed by atoms with van der Waals surface area (Å²) in [5.74, 6) is 0.756. The van der Waals surface area contributed by atoms with Crippen LogP contribution >= 0.6 is 0 Å². The summed E-state index contributed by atoms with van der Waals surface area (Å²) in [7, 11) is 3.15. The topological polar surface area (TPSA) is 68.0 Å². The molecule has 0 fully saturated rings. The summed E-state index contributed by atoms with van der Waals surface area (Å²) in [5, 5.41) is 18.7. The zero-order valence-electron chi connectivity index (χ0n) is 12.9. The Morgan fingerprint density at radius 2 is 1.74 bits per heavy atom. The number of benzene rings is 2. The van der Waals surface area contributed by atoms with Crippen LogP contribution in [-0.2, 0) is 0 Å². The van der Waals surface area contributed by atoms with Crippen molar-refractivity contribution in [3.8, 4) is 17.6 Å². The molecule has 0 aliphatic rings.